The molecule has 1 saturated heterocycles. The van der Waals surface area contributed by atoms with Crippen LogP contribution in [0.15, 0.2) is 0 Å². The van der Waals surface area contributed by atoms with E-state index in [1.54, 1.807) is 0 Å². The monoisotopic (exact) mass is 245 g/mol. The third-order valence-corrected chi connectivity index (χ3v) is 3.21. The van der Waals surface area contributed by atoms with E-state index in [4.69, 9.17) is 5.11 Å². The molecular formula is C10H15NO4S. The number of rotatable bonds is 6. The first-order valence-electron chi connectivity index (χ1n) is 5.30. The van der Waals surface area contributed by atoms with Crippen LogP contribution in [0.1, 0.15) is 32.1 Å². The standard InChI is InChI=1S/C10H15NO4S/c12-8-5-7-16-10(15)11(8)6-3-1-2-4-9(13)14/h1-7H2,(H,13,14). The molecule has 16 heavy (non-hydrogen) atoms. The lowest BCUT2D eigenvalue weighted by Crippen LogP contribution is -2.38. The first-order valence-corrected chi connectivity index (χ1v) is 6.28. The Balaban J connectivity index is 2.18. The minimum absolute atomic E-state index is 0.109. The van der Waals surface area contributed by atoms with E-state index in [1.165, 1.54) is 16.7 Å². The Morgan fingerprint density at radius 3 is 2.69 bits per heavy atom. The van der Waals surface area contributed by atoms with Crippen molar-refractivity contribution in [1.82, 2.24) is 4.90 Å². The number of hydrogen-bond donors (Lipinski definition) is 1. The Bertz CT molecular complexity index is 277. The summed E-state index contributed by atoms with van der Waals surface area (Å²) in [4.78, 5) is 34.2. The predicted molar refractivity (Wildman–Crippen MR) is 60.3 cm³/mol. The van der Waals surface area contributed by atoms with Gasteiger partial charge in [-0.3, -0.25) is 19.3 Å². The van der Waals surface area contributed by atoms with E-state index in [0.717, 1.165) is 6.42 Å². The number of carbonyl (C=O) groups excluding carboxylic acids is 2. The lowest BCUT2D eigenvalue weighted by Gasteiger charge is -2.23. The third-order valence-electron chi connectivity index (χ3n) is 2.34. The summed E-state index contributed by atoms with van der Waals surface area (Å²) >= 11 is 1.17. The molecule has 0 unspecified atom stereocenters. The van der Waals surface area contributed by atoms with E-state index in [-0.39, 0.29) is 17.6 Å². The minimum Gasteiger partial charge on any atom is -0.481 e. The summed E-state index contributed by atoms with van der Waals surface area (Å²) in [7, 11) is 0. The highest BCUT2D eigenvalue weighted by Crippen LogP contribution is 2.18. The van der Waals surface area contributed by atoms with E-state index in [0.29, 0.717) is 31.6 Å². The normalized spacial score (nSPS) is 16.6. The van der Waals surface area contributed by atoms with Crippen molar-refractivity contribution in [3.05, 3.63) is 0 Å². The maximum Gasteiger partial charge on any atom is 0.303 e. The van der Waals surface area contributed by atoms with Gasteiger partial charge in [0.2, 0.25) is 5.91 Å². The van der Waals surface area contributed by atoms with Crippen molar-refractivity contribution in [2.75, 3.05) is 12.3 Å². The Kier molecular flexibility index (Phi) is 5.31. The zero-order valence-corrected chi connectivity index (χ0v) is 9.79. The fourth-order valence-electron chi connectivity index (χ4n) is 1.48. The van der Waals surface area contributed by atoms with Crippen LogP contribution in [0, 0.1) is 0 Å². The van der Waals surface area contributed by atoms with Gasteiger partial charge in [-0.05, 0) is 12.8 Å². The SMILES string of the molecule is O=C(O)CCCCCN1C(=O)CCSC1=O. The molecule has 90 valence electrons. The van der Waals surface area contributed by atoms with Gasteiger partial charge in [-0.25, -0.2) is 0 Å². The molecule has 0 radical (unpaired) electrons. The summed E-state index contributed by atoms with van der Waals surface area (Å²) in [6, 6.07) is 0. The van der Waals surface area contributed by atoms with Crippen molar-refractivity contribution in [2.24, 2.45) is 0 Å². The molecule has 0 aromatic carbocycles. The minimum atomic E-state index is -0.805. The van der Waals surface area contributed by atoms with E-state index < -0.39 is 5.97 Å². The van der Waals surface area contributed by atoms with Crippen molar-refractivity contribution in [3.8, 4) is 0 Å². The Labute approximate surface area is 98.2 Å². The van der Waals surface area contributed by atoms with E-state index in [9.17, 15) is 14.4 Å². The van der Waals surface area contributed by atoms with Gasteiger partial charge >= 0.3 is 5.97 Å². The maximum atomic E-state index is 11.4. The van der Waals surface area contributed by atoms with Gasteiger partial charge in [0, 0.05) is 25.1 Å². The molecule has 1 rings (SSSR count). The van der Waals surface area contributed by atoms with Gasteiger partial charge in [-0.15, -0.1) is 0 Å². The second-order valence-electron chi connectivity index (χ2n) is 3.61. The summed E-state index contributed by atoms with van der Waals surface area (Å²) in [5.41, 5.74) is 0. The summed E-state index contributed by atoms with van der Waals surface area (Å²) in [5, 5.41) is 8.25. The average molecular weight is 245 g/mol. The molecular weight excluding hydrogens is 230 g/mol. The summed E-state index contributed by atoms with van der Waals surface area (Å²) < 4.78 is 0. The second kappa shape index (κ2) is 6.52. The molecule has 1 fully saturated rings. The van der Waals surface area contributed by atoms with E-state index >= 15 is 0 Å². The van der Waals surface area contributed by atoms with Crippen LogP contribution >= 0.6 is 11.8 Å². The quantitative estimate of drug-likeness (QED) is 0.721. The molecule has 1 aliphatic heterocycles. The predicted octanol–water partition coefficient (Wildman–Crippen LogP) is 1.72. The number of hydrogen-bond acceptors (Lipinski definition) is 4. The molecule has 0 aromatic rings. The van der Waals surface area contributed by atoms with Crippen LogP contribution in [-0.2, 0) is 9.59 Å². The lowest BCUT2D eigenvalue weighted by molar-refractivity contribution is -0.137. The molecule has 5 nitrogen and oxygen atoms in total. The number of aliphatic carboxylic acids is 1. The van der Waals surface area contributed by atoms with Crippen LogP contribution in [0.3, 0.4) is 0 Å². The molecule has 1 N–H and O–H groups in total. The zero-order valence-electron chi connectivity index (χ0n) is 8.98. The Morgan fingerprint density at radius 2 is 2.06 bits per heavy atom. The molecule has 0 saturated carbocycles. The smallest absolute Gasteiger partial charge is 0.303 e. The topological polar surface area (TPSA) is 74.7 Å². The number of carboxylic acids is 1. The number of unbranched alkanes of at least 4 members (excludes halogenated alkanes) is 2. The van der Waals surface area contributed by atoms with Crippen molar-refractivity contribution in [1.29, 1.82) is 0 Å². The molecule has 1 heterocycles. The number of carbonyl (C=O) groups is 3. The number of carboxylic acid groups (broad SMARTS) is 1. The Morgan fingerprint density at radius 1 is 1.31 bits per heavy atom. The number of thioether (sulfide) groups is 1. The van der Waals surface area contributed by atoms with E-state index in [1.807, 2.05) is 0 Å². The number of nitrogens with zero attached hydrogens (tertiary/aromatic N) is 1. The van der Waals surface area contributed by atoms with Crippen molar-refractivity contribution in [2.45, 2.75) is 32.1 Å². The van der Waals surface area contributed by atoms with Crippen LogP contribution < -0.4 is 0 Å². The zero-order chi connectivity index (χ0) is 12.0. The highest BCUT2D eigenvalue weighted by Gasteiger charge is 2.25. The molecule has 0 aliphatic carbocycles. The summed E-state index contributed by atoms with van der Waals surface area (Å²) in [6.07, 6.45) is 2.58. The van der Waals surface area contributed by atoms with Gasteiger partial charge in [-0.1, -0.05) is 18.2 Å². The fourth-order valence-corrected chi connectivity index (χ4v) is 2.28. The molecule has 2 amide bonds. The molecule has 1 aliphatic rings. The van der Waals surface area contributed by atoms with Gasteiger partial charge in [0.1, 0.15) is 0 Å². The maximum absolute atomic E-state index is 11.4. The van der Waals surface area contributed by atoms with Crippen molar-refractivity contribution >= 4 is 28.9 Å². The van der Waals surface area contributed by atoms with Crippen molar-refractivity contribution in [3.63, 3.8) is 0 Å². The second-order valence-corrected chi connectivity index (χ2v) is 4.66. The molecule has 0 bridgehead atoms. The van der Waals surface area contributed by atoms with Crippen LogP contribution in [0.25, 0.3) is 0 Å². The molecule has 6 heteroatoms. The molecule has 0 atom stereocenters. The van der Waals surface area contributed by atoms with Crippen LogP contribution in [0.5, 0.6) is 0 Å². The highest BCUT2D eigenvalue weighted by molar-refractivity contribution is 8.13. The van der Waals surface area contributed by atoms with Crippen LogP contribution in [0.2, 0.25) is 0 Å². The Hall–Kier alpha value is -1.04. The first kappa shape index (κ1) is 13.0. The third kappa shape index (κ3) is 4.22. The van der Waals surface area contributed by atoms with Crippen molar-refractivity contribution < 1.29 is 19.5 Å². The van der Waals surface area contributed by atoms with Crippen LogP contribution in [-0.4, -0.2) is 39.4 Å². The van der Waals surface area contributed by atoms with Crippen LogP contribution in [0.4, 0.5) is 4.79 Å². The van der Waals surface area contributed by atoms with Gasteiger partial charge in [0.25, 0.3) is 5.24 Å². The lowest BCUT2D eigenvalue weighted by atomic mass is 10.2. The van der Waals surface area contributed by atoms with E-state index in [2.05, 4.69) is 0 Å². The highest BCUT2D eigenvalue weighted by atomic mass is 32.2. The van der Waals surface area contributed by atoms with Gasteiger partial charge in [0.05, 0.1) is 0 Å². The fraction of sp³-hybridized carbons (Fsp3) is 0.700. The van der Waals surface area contributed by atoms with Gasteiger partial charge in [0.15, 0.2) is 0 Å². The number of imide groups is 1. The molecule has 0 spiro atoms. The molecule has 0 aromatic heterocycles. The summed E-state index contributed by atoms with van der Waals surface area (Å²) in [6.45, 7) is 0.421. The summed E-state index contributed by atoms with van der Waals surface area (Å²) in [5.74, 6) is -0.338. The average Bonchev–Trinajstić information content (AvgIpc) is 2.21. The first-order chi connectivity index (χ1) is 7.61. The van der Waals surface area contributed by atoms with Gasteiger partial charge in [-0.2, -0.15) is 0 Å². The largest absolute Gasteiger partial charge is 0.481 e. The van der Waals surface area contributed by atoms with Gasteiger partial charge < -0.3 is 5.11 Å². The number of amides is 2.